The molecule has 0 bridgehead atoms. The summed E-state index contributed by atoms with van der Waals surface area (Å²) in [5.41, 5.74) is 6.46. The molecule has 5 heteroatoms. The first-order chi connectivity index (χ1) is 9.52. The Kier molecular flexibility index (Phi) is 4.39. The Labute approximate surface area is 124 Å². The first-order valence-electron chi connectivity index (χ1n) is 6.05. The van der Waals surface area contributed by atoms with Crippen LogP contribution >= 0.6 is 15.9 Å². The third kappa shape index (κ3) is 2.99. The lowest BCUT2D eigenvalue weighted by Crippen LogP contribution is -2.08. The molecule has 0 aromatic heterocycles. The molecule has 0 spiro atoms. The smallest absolute Gasteiger partial charge is 0.198 e. The van der Waals surface area contributed by atoms with Crippen LogP contribution in [-0.2, 0) is 0 Å². The quantitative estimate of drug-likeness (QED) is 0.681. The molecule has 2 aromatic carbocycles. The van der Waals surface area contributed by atoms with E-state index < -0.39 is 5.82 Å². The normalized spacial score (nSPS) is 10.3. The number of anilines is 1. The third-order valence-electron chi connectivity index (χ3n) is 2.74. The van der Waals surface area contributed by atoms with Crippen molar-refractivity contribution in [1.82, 2.24) is 0 Å². The van der Waals surface area contributed by atoms with Gasteiger partial charge in [-0.2, -0.15) is 0 Å². The van der Waals surface area contributed by atoms with Crippen molar-refractivity contribution in [2.24, 2.45) is 0 Å². The van der Waals surface area contributed by atoms with E-state index in [9.17, 15) is 9.18 Å². The highest BCUT2D eigenvalue weighted by atomic mass is 79.9. The molecule has 0 fully saturated rings. The van der Waals surface area contributed by atoms with Crippen molar-refractivity contribution < 1.29 is 13.9 Å². The van der Waals surface area contributed by atoms with Crippen molar-refractivity contribution in [3.8, 4) is 5.75 Å². The van der Waals surface area contributed by atoms with E-state index in [1.54, 1.807) is 18.2 Å². The average molecular weight is 338 g/mol. The molecule has 20 heavy (non-hydrogen) atoms. The fourth-order valence-corrected chi connectivity index (χ4v) is 2.21. The van der Waals surface area contributed by atoms with Gasteiger partial charge in [0, 0.05) is 15.7 Å². The number of hydrogen-bond acceptors (Lipinski definition) is 3. The Balaban J connectivity index is 2.49. The molecule has 0 aliphatic heterocycles. The maximum atomic E-state index is 13.1. The largest absolute Gasteiger partial charge is 0.493 e. The van der Waals surface area contributed by atoms with Crippen molar-refractivity contribution in [2.75, 3.05) is 12.3 Å². The molecule has 2 rings (SSSR count). The Hall–Kier alpha value is -1.88. The molecule has 0 aliphatic rings. The Morgan fingerprint density at radius 1 is 1.25 bits per heavy atom. The van der Waals surface area contributed by atoms with Gasteiger partial charge in [-0.3, -0.25) is 4.79 Å². The fourth-order valence-electron chi connectivity index (χ4n) is 1.85. The predicted octanol–water partition coefficient (Wildman–Crippen LogP) is 3.80. The highest BCUT2D eigenvalue weighted by molar-refractivity contribution is 9.10. The number of carbonyl (C=O) groups excluding carboxylic acids is 1. The molecule has 0 saturated heterocycles. The molecule has 0 radical (unpaired) electrons. The van der Waals surface area contributed by atoms with Gasteiger partial charge in [0.2, 0.25) is 0 Å². The summed E-state index contributed by atoms with van der Waals surface area (Å²) in [6.45, 7) is 2.28. The number of hydrogen-bond donors (Lipinski definition) is 1. The summed E-state index contributed by atoms with van der Waals surface area (Å²) >= 11 is 3.32. The highest BCUT2D eigenvalue weighted by Crippen LogP contribution is 2.27. The lowest BCUT2D eigenvalue weighted by molar-refractivity contribution is 0.103. The van der Waals surface area contributed by atoms with E-state index >= 15 is 0 Å². The molecule has 0 atom stereocenters. The molecule has 2 N–H and O–H groups in total. The minimum absolute atomic E-state index is 0.109. The molecule has 0 aliphatic carbocycles. The van der Waals surface area contributed by atoms with Crippen molar-refractivity contribution in [1.29, 1.82) is 0 Å². The Morgan fingerprint density at radius 3 is 2.65 bits per heavy atom. The number of rotatable bonds is 4. The van der Waals surface area contributed by atoms with E-state index in [2.05, 4.69) is 15.9 Å². The Bertz CT molecular complexity index is 658. The van der Waals surface area contributed by atoms with Gasteiger partial charge in [-0.1, -0.05) is 15.9 Å². The summed E-state index contributed by atoms with van der Waals surface area (Å²) in [4.78, 5) is 12.5. The third-order valence-corrected chi connectivity index (χ3v) is 3.24. The van der Waals surface area contributed by atoms with E-state index in [4.69, 9.17) is 10.5 Å². The molecule has 0 heterocycles. The second kappa shape index (κ2) is 6.05. The summed E-state index contributed by atoms with van der Waals surface area (Å²) in [6, 6.07) is 8.88. The van der Waals surface area contributed by atoms with E-state index in [1.165, 1.54) is 12.1 Å². The van der Waals surface area contributed by atoms with Crippen molar-refractivity contribution in [2.45, 2.75) is 6.92 Å². The van der Waals surface area contributed by atoms with Crippen LogP contribution in [0.1, 0.15) is 22.8 Å². The molecule has 3 nitrogen and oxygen atoms in total. The van der Waals surface area contributed by atoms with Crippen LogP contribution in [0.5, 0.6) is 5.75 Å². The molecular weight excluding hydrogens is 325 g/mol. The Morgan fingerprint density at radius 2 is 2.00 bits per heavy atom. The van der Waals surface area contributed by atoms with E-state index in [0.717, 1.165) is 10.5 Å². The number of benzene rings is 2. The minimum Gasteiger partial charge on any atom is -0.493 e. The molecule has 0 amide bonds. The number of halogens is 2. The number of ketones is 1. The number of nitrogens with two attached hydrogens (primary N) is 1. The van der Waals surface area contributed by atoms with Crippen LogP contribution in [0.25, 0.3) is 0 Å². The van der Waals surface area contributed by atoms with E-state index in [-0.39, 0.29) is 17.0 Å². The molecule has 2 aromatic rings. The highest BCUT2D eigenvalue weighted by Gasteiger charge is 2.17. The second-order valence-electron chi connectivity index (χ2n) is 4.13. The predicted molar refractivity (Wildman–Crippen MR) is 79.6 cm³/mol. The average Bonchev–Trinajstić information content (AvgIpc) is 2.40. The summed E-state index contributed by atoms with van der Waals surface area (Å²) in [6.07, 6.45) is 0. The van der Waals surface area contributed by atoms with Crippen LogP contribution in [0.2, 0.25) is 0 Å². The monoisotopic (exact) mass is 337 g/mol. The zero-order chi connectivity index (χ0) is 14.7. The van der Waals surface area contributed by atoms with Gasteiger partial charge < -0.3 is 10.5 Å². The van der Waals surface area contributed by atoms with Crippen LogP contribution in [-0.4, -0.2) is 12.4 Å². The second-order valence-corrected chi connectivity index (χ2v) is 5.05. The summed E-state index contributed by atoms with van der Waals surface area (Å²) in [5.74, 6) is -0.296. The molecule has 0 unspecified atom stereocenters. The number of nitrogen functional groups attached to an aromatic ring is 1. The molecule has 104 valence electrons. The first kappa shape index (κ1) is 14.5. The lowest BCUT2D eigenvalue weighted by atomic mass is 10.0. The zero-order valence-corrected chi connectivity index (χ0v) is 12.4. The first-order valence-corrected chi connectivity index (χ1v) is 6.84. The van der Waals surface area contributed by atoms with Crippen LogP contribution < -0.4 is 10.5 Å². The lowest BCUT2D eigenvalue weighted by Gasteiger charge is -2.11. The van der Waals surface area contributed by atoms with Gasteiger partial charge in [-0.15, -0.1) is 0 Å². The van der Waals surface area contributed by atoms with E-state index in [1.807, 2.05) is 6.92 Å². The zero-order valence-electron chi connectivity index (χ0n) is 10.8. The maximum Gasteiger partial charge on any atom is 0.198 e. The van der Waals surface area contributed by atoms with Crippen LogP contribution in [0.15, 0.2) is 40.9 Å². The van der Waals surface area contributed by atoms with Gasteiger partial charge >= 0.3 is 0 Å². The van der Waals surface area contributed by atoms with E-state index in [0.29, 0.717) is 17.9 Å². The van der Waals surface area contributed by atoms with Gasteiger partial charge in [0.15, 0.2) is 5.78 Å². The SMILES string of the molecule is CCOc1ccc(Br)cc1C(=O)c1ccc(F)cc1N. The topological polar surface area (TPSA) is 52.3 Å². The van der Waals surface area contributed by atoms with Gasteiger partial charge in [-0.25, -0.2) is 4.39 Å². The summed E-state index contributed by atoms with van der Waals surface area (Å²) in [5, 5.41) is 0. The van der Waals surface area contributed by atoms with Crippen LogP contribution in [0, 0.1) is 5.82 Å². The van der Waals surface area contributed by atoms with Gasteiger partial charge in [0.25, 0.3) is 0 Å². The van der Waals surface area contributed by atoms with Crippen molar-refractivity contribution >= 4 is 27.4 Å². The minimum atomic E-state index is -0.474. The summed E-state index contributed by atoms with van der Waals surface area (Å²) < 4.78 is 19.3. The molecular formula is C15H13BrFNO2. The van der Waals surface area contributed by atoms with Crippen molar-refractivity contribution in [3.05, 3.63) is 57.8 Å². The number of ether oxygens (including phenoxy) is 1. The van der Waals surface area contributed by atoms with Gasteiger partial charge in [0.05, 0.1) is 12.2 Å². The standard InChI is InChI=1S/C15H13BrFNO2/c1-2-20-14-6-3-9(16)7-12(14)15(19)11-5-4-10(17)8-13(11)18/h3-8H,2,18H2,1H3. The summed E-state index contributed by atoms with van der Waals surface area (Å²) in [7, 11) is 0. The fraction of sp³-hybridized carbons (Fsp3) is 0.133. The van der Waals surface area contributed by atoms with Crippen LogP contribution in [0.3, 0.4) is 0 Å². The van der Waals surface area contributed by atoms with Crippen LogP contribution in [0.4, 0.5) is 10.1 Å². The molecule has 0 saturated carbocycles. The van der Waals surface area contributed by atoms with Gasteiger partial charge in [-0.05, 0) is 43.3 Å². The maximum absolute atomic E-state index is 13.1. The van der Waals surface area contributed by atoms with Gasteiger partial charge in [0.1, 0.15) is 11.6 Å². The number of carbonyl (C=O) groups is 1. The van der Waals surface area contributed by atoms with Crippen molar-refractivity contribution in [3.63, 3.8) is 0 Å².